The Bertz CT molecular complexity index is 4060. The summed E-state index contributed by atoms with van der Waals surface area (Å²) < 4.78 is 144. The van der Waals surface area contributed by atoms with Gasteiger partial charge in [-0.1, -0.05) is 423 Å². The molecule has 2 fully saturated rings. The highest BCUT2D eigenvalue weighted by Gasteiger charge is 2.53. The number of rotatable bonds is 79. The molecule has 137 heavy (non-hydrogen) atoms. The van der Waals surface area contributed by atoms with Gasteiger partial charge in [0.05, 0.1) is 91.1 Å². The average Bonchev–Trinajstić information content (AvgIpc) is 0.775. The maximum absolute atomic E-state index is 16.0. The molecule has 20 nitrogen and oxygen atoms in total. The SMILES string of the molecule is C=CCOC[C@H]1O[C@@H](OC[C@H]2O[C@H](OP(=O)(OCc3ccccc3)OCc3ccccc3)[C@H](NC(=O)C[C@@H](CCCCCCCCCCCCCCC)OCc3ccc(C(F)(F)F)cc3)[C@@H](O)[C@@H]2OCc2ccccc2)[C@H](NC(=O)C[C@@H](CCCCCCCCCCCCCCC)OC(=O)CCCCCCCCCCCCCCCCC)[C@@H](OCc2ccc(OC)cc2)[C@@H]1OCc1ccccc1. The molecule has 0 aromatic heterocycles. The third kappa shape index (κ3) is 48.4. The zero-order chi connectivity index (χ0) is 97.3. The van der Waals surface area contributed by atoms with Crippen molar-refractivity contribution in [1.82, 2.24) is 10.6 Å². The van der Waals surface area contributed by atoms with Gasteiger partial charge in [-0.05, 0) is 83.3 Å². The van der Waals surface area contributed by atoms with Crippen LogP contribution in [0, 0.1) is 0 Å². The molecule has 3 N–H and O–H groups in total. The first-order chi connectivity index (χ1) is 67.0. The van der Waals surface area contributed by atoms with Crippen LogP contribution in [0.3, 0.4) is 0 Å². The van der Waals surface area contributed by atoms with Crippen LogP contribution < -0.4 is 15.4 Å². The molecule has 2 saturated heterocycles. The molecule has 0 aliphatic carbocycles. The van der Waals surface area contributed by atoms with Crippen LogP contribution in [0.2, 0.25) is 0 Å². The number of alkyl halides is 3. The number of benzene rings is 6. The Labute approximate surface area is 819 Å². The molecule has 6 aromatic carbocycles. The summed E-state index contributed by atoms with van der Waals surface area (Å²) in [5.74, 6) is -0.872. The topological polar surface area (TPSA) is 233 Å². The lowest BCUT2D eigenvalue weighted by Crippen LogP contribution is -2.67. The fourth-order valence-corrected chi connectivity index (χ4v) is 19.1. The van der Waals surface area contributed by atoms with Crippen molar-refractivity contribution in [3.05, 3.63) is 221 Å². The van der Waals surface area contributed by atoms with Crippen molar-refractivity contribution < 1.29 is 98.2 Å². The first kappa shape index (κ1) is 115. The Morgan fingerprint density at radius 1 is 0.416 bits per heavy atom. The van der Waals surface area contributed by atoms with Crippen LogP contribution in [-0.4, -0.2) is 123 Å². The van der Waals surface area contributed by atoms with Crippen LogP contribution in [0.25, 0.3) is 0 Å². The fraction of sp³-hybridized carbons (Fsp3) is 0.637. The number of hydrogen-bond donors (Lipinski definition) is 3. The lowest BCUT2D eigenvalue weighted by Gasteiger charge is -2.48. The maximum Gasteiger partial charge on any atom is 0.477 e. The van der Waals surface area contributed by atoms with E-state index >= 15 is 14.2 Å². The minimum absolute atomic E-state index is 0.0125. The number of unbranched alkanes of at least 4 members (excludes halogenated alkanes) is 38. The number of phosphoric acid groups is 1. The van der Waals surface area contributed by atoms with Crippen LogP contribution in [0.5, 0.6) is 5.75 Å². The average molecular weight is 1930 g/mol. The zero-order valence-corrected chi connectivity index (χ0v) is 84.1. The quantitative estimate of drug-likeness (QED) is 0.0139. The van der Waals surface area contributed by atoms with Crippen molar-refractivity contribution in [2.24, 2.45) is 0 Å². The summed E-state index contributed by atoms with van der Waals surface area (Å²) in [4.78, 5) is 45.4. The van der Waals surface area contributed by atoms with E-state index in [1.807, 2.05) is 97.1 Å². The van der Waals surface area contributed by atoms with Crippen LogP contribution >= 0.6 is 7.82 Å². The third-order valence-corrected chi connectivity index (χ3v) is 27.3. The lowest BCUT2D eigenvalue weighted by molar-refractivity contribution is -0.310. The van der Waals surface area contributed by atoms with Crippen molar-refractivity contribution in [2.45, 2.75) is 435 Å². The summed E-state index contributed by atoms with van der Waals surface area (Å²) in [7, 11) is -3.33. The first-order valence-electron chi connectivity index (χ1n) is 52.5. The molecule has 12 atom stereocenters. The lowest BCUT2D eigenvalue weighted by atomic mass is 9.94. The van der Waals surface area contributed by atoms with Gasteiger partial charge in [-0.25, -0.2) is 4.57 Å². The van der Waals surface area contributed by atoms with Gasteiger partial charge in [0.25, 0.3) is 0 Å². The normalized spacial score (nSPS) is 18.9. The summed E-state index contributed by atoms with van der Waals surface area (Å²) in [5, 5.41) is 19.9. The molecular formula is C113H168F3N2O18P. The van der Waals surface area contributed by atoms with Crippen LogP contribution in [-0.2, 0) is 121 Å². The molecule has 764 valence electrons. The molecule has 24 heteroatoms. The molecular weight excluding hydrogens is 1760 g/mol. The molecule has 0 saturated carbocycles. The predicted molar refractivity (Wildman–Crippen MR) is 536 cm³/mol. The second-order valence-electron chi connectivity index (χ2n) is 37.5. The number of esters is 1. The van der Waals surface area contributed by atoms with Gasteiger partial charge < -0.3 is 63.1 Å². The van der Waals surface area contributed by atoms with Crippen molar-refractivity contribution in [3.8, 4) is 5.75 Å². The van der Waals surface area contributed by atoms with Gasteiger partial charge in [0.1, 0.15) is 60.6 Å². The minimum Gasteiger partial charge on any atom is -0.497 e. The molecule has 8 rings (SSSR count). The number of nitrogens with one attached hydrogen (secondary N) is 2. The number of aliphatic hydroxyl groups is 1. The maximum atomic E-state index is 16.0. The Hall–Kier alpha value is -7.19. The number of hydrogen-bond acceptors (Lipinski definition) is 18. The highest BCUT2D eigenvalue weighted by molar-refractivity contribution is 7.48. The van der Waals surface area contributed by atoms with Crippen molar-refractivity contribution >= 4 is 25.6 Å². The van der Waals surface area contributed by atoms with Gasteiger partial charge in [0.15, 0.2) is 12.6 Å². The van der Waals surface area contributed by atoms with E-state index in [0.29, 0.717) is 53.7 Å². The highest BCUT2D eigenvalue weighted by Crippen LogP contribution is 2.54. The molecule has 0 radical (unpaired) electrons. The summed E-state index contributed by atoms with van der Waals surface area (Å²) in [5.41, 5.74) is 3.17. The number of carbonyl (C=O) groups excluding carboxylic acids is 3. The Balaban J connectivity index is 1.13. The van der Waals surface area contributed by atoms with E-state index in [9.17, 15) is 23.1 Å². The number of amides is 2. The van der Waals surface area contributed by atoms with Crippen molar-refractivity contribution in [1.29, 1.82) is 0 Å². The number of aliphatic hydroxyl groups excluding tert-OH is 1. The van der Waals surface area contributed by atoms with Gasteiger partial charge in [0.2, 0.25) is 11.8 Å². The Kier molecular flexibility index (Phi) is 59.2. The number of ether oxygens (including phenoxy) is 10. The van der Waals surface area contributed by atoms with Gasteiger partial charge in [-0.3, -0.25) is 28.0 Å². The molecule has 0 spiro atoms. The van der Waals surface area contributed by atoms with Crippen molar-refractivity contribution in [2.75, 3.05) is 26.9 Å². The molecule has 2 aliphatic heterocycles. The van der Waals surface area contributed by atoms with Gasteiger partial charge in [-0.15, -0.1) is 6.58 Å². The van der Waals surface area contributed by atoms with E-state index in [0.717, 1.165) is 107 Å². The Morgan fingerprint density at radius 2 is 0.774 bits per heavy atom. The fourth-order valence-electron chi connectivity index (χ4n) is 17.8. The molecule has 0 bridgehead atoms. The summed E-state index contributed by atoms with van der Waals surface area (Å²) in [6.45, 7) is 9.44. The molecule has 0 unspecified atom stereocenters. The van der Waals surface area contributed by atoms with E-state index in [1.54, 1.807) is 61.7 Å². The predicted octanol–water partition coefficient (Wildman–Crippen LogP) is 27.8. The van der Waals surface area contributed by atoms with E-state index in [2.05, 4.69) is 38.0 Å². The van der Waals surface area contributed by atoms with E-state index in [4.69, 9.17) is 60.9 Å². The van der Waals surface area contributed by atoms with Crippen LogP contribution in [0.15, 0.2) is 183 Å². The number of methoxy groups -OCH3 is 1. The molecule has 6 aromatic rings. The van der Waals surface area contributed by atoms with Crippen LogP contribution in [0.4, 0.5) is 13.2 Å². The van der Waals surface area contributed by atoms with E-state index in [-0.39, 0.29) is 78.1 Å². The summed E-state index contributed by atoms with van der Waals surface area (Å²) in [6, 6.07) is 46.1. The van der Waals surface area contributed by atoms with Gasteiger partial charge >= 0.3 is 20.0 Å². The standard InChI is InChI=1S/C113H168F3N2O18P/c1-6-10-13-16-19-22-25-28-29-32-35-38-41-44-59-70-104(121)133-99(69-58-43-40-37-34-31-27-24-21-18-15-12-8-3)81-103(120)118-106-110(129-85-95-73-77-97(124-5)78-74-95)109(128-84-91-62-51-46-52-63-91)100(88-125-79-9-4)134-111(106)130-89-101-108(127-83-90-60-49-45-50-61-90)107(122)105(112(135-101)136-137(123,131-86-92-64-53-47-54-65-92)132-87-93-66-55-48-56-67-93)117-102(119)80-98(126-82-94-71-75-96(76-72-94)113(114,115)116)68-57-42-39-36-33-30-26-23-20-17-14-11-7-2/h9,45-56,60-67,71-78,98-101,105-112,122H,4,6-8,10-44,57-59,68-70,79-89H2,1-3,5H3,(H,117,119)(H,118,120)/t98-,99-,100-,101-,105-,106-,107-,108-,109-,110-,111-,112-/m1/s1. The van der Waals surface area contributed by atoms with Crippen LogP contribution in [0.1, 0.15) is 355 Å². The summed E-state index contributed by atoms with van der Waals surface area (Å²) in [6.07, 6.45) is 32.2. The third-order valence-electron chi connectivity index (χ3n) is 25.9. The first-order valence-corrected chi connectivity index (χ1v) is 54.0. The second kappa shape index (κ2) is 70.5. The molecule has 2 aliphatic rings. The monoisotopic (exact) mass is 1930 g/mol. The molecule has 2 amide bonds. The zero-order valence-electron chi connectivity index (χ0n) is 83.2. The summed E-state index contributed by atoms with van der Waals surface area (Å²) >= 11 is 0. The minimum atomic E-state index is -4.92. The molecule has 2 heterocycles. The Morgan fingerprint density at radius 3 is 1.20 bits per heavy atom. The number of halogens is 3. The smallest absolute Gasteiger partial charge is 0.477 e. The number of phosphoric ester groups is 1. The number of carbonyl (C=O) groups is 3. The van der Waals surface area contributed by atoms with Gasteiger partial charge in [-0.2, -0.15) is 13.2 Å². The van der Waals surface area contributed by atoms with E-state index in [1.165, 1.54) is 179 Å². The highest BCUT2D eigenvalue weighted by atomic mass is 31.2. The second-order valence-corrected chi connectivity index (χ2v) is 39.2. The van der Waals surface area contributed by atoms with E-state index < -0.39 is 111 Å². The van der Waals surface area contributed by atoms with Crippen molar-refractivity contribution in [3.63, 3.8) is 0 Å². The van der Waals surface area contributed by atoms with Gasteiger partial charge in [0, 0.05) is 6.42 Å². The largest absolute Gasteiger partial charge is 0.497 e.